The maximum Gasteiger partial charge on any atom is 0.0545 e. The van der Waals surface area contributed by atoms with Crippen LogP contribution in [0.2, 0.25) is 0 Å². The van der Waals surface area contributed by atoms with E-state index in [9.17, 15) is 0 Å². The van der Waals surface area contributed by atoms with Gasteiger partial charge in [0.2, 0.25) is 0 Å². The number of rotatable bonds is 7. The van der Waals surface area contributed by atoms with Crippen LogP contribution in [0.3, 0.4) is 0 Å². The van der Waals surface area contributed by atoms with Crippen LogP contribution in [0.15, 0.2) is 200 Å². The molecule has 0 N–H and O–H groups in total. The van der Waals surface area contributed by atoms with Crippen molar-refractivity contribution in [1.29, 1.82) is 0 Å². The van der Waals surface area contributed by atoms with E-state index in [0.717, 1.165) is 28.4 Å². The summed E-state index contributed by atoms with van der Waals surface area (Å²) in [7, 11) is 0. The number of hydrogen-bond acceptors (Lipinski definition) is 3. The third-order valence-electron chi connectivity index (χ3n) is 14.7. The van der Waals surface area contributed by atoms with E-state index < -0.39 is 0 Å². The van der Waals surface area contributed by atoms with Crippen molar-refractivity contribution in [3.8, 4) is 11.1 Å². The average molecular weight is 826 g/mol. The van der Waals surface area contributed by atoms with Crippen molar-refractivity contribution in [3.05, 3.63) is 234 Å². The van der Waals surface area contributed by atoms with Gasteiger partial charge in [0, 0.05) is 50.1 Å². The summed E-state index contributed by atoms with van der Waals surface area (Å²) in [4.78, 5) is 7.51. The van der Waals surface area contributed by atoms with Crippen molar-refractivity contribution in [1.82, 2.24) is 0 Å². The molecule has 0 spiro atoms. The molecule has 64 heavy (non-hydrogen) atoms. The second-order valence-electron chi connectivity index (χ2n) is 19.4. The molecule has 3 heterocycles. The molecule has 0 saturated heterocycles. The topological polar surface area (TPSA) is 9.72 Å². The van der Waals surface area contributed by atoms with E-state index in [1.807, 2.05) is 0 Å². The number of nitrogens with zero attached hydrogens (tertiary/aromatic N) is 3. The first-order chi connectivity index (χ1) is 31.0. The minimum Gasteiger partial charge on any atom is -0.310 e. The smallest absolute Gasteiger partial charge is 0.0545 e. The van der Waals surface area contributed by atoms with Crippen molar-refractivity contribution in [3.63, 3.8) is 0 Å². The summed E-state index contributed by atoms with van der Waals surface area (Å²) >= 11 is 0. The quantitative estimate of drug-likeness (QED) is 0.158. The highest BCUT2D eigenvalue weighted by Gasteiger charge is 2.52. The number of hydrogen-bond donors (Lipinski definition) is 0. The molecule has 3 aliphatic heterocycles. The molecule has 3 heteroatoms. The van der Waals surface area contributed by atoms with Crippen molar-refractivity contribution >= 4 is 62.0 Å². The summed E-state index contributed by atoms with van der Waals surface area (Å²) in [6, 6.07) is 74.0. The Kier molecular flexibility index (Phi) is 8.28. The van der Waals surface area contributed by atoms with Gasteiger partial charge in [-0.05, 0) is 129 Å². The van der Waals surface area contributed by atoms with Gasteiger partial charge in [0.15, 0.2) is 0 Å². The van der Waals surface area contributed by atoms with Gasteiger partial charge in [-0.15, -0.1) is 0 Å². The zero-order valence-electron chi connectivity index (χ0n) is 37.4. The minimum absolute atomic E-state index is 0.254. The Hall–Kier alpha value is -7.36. The molecule has 0 amide bonds. The standard InChI is InChI=1S/C61H51N3/c1-59(2)49-32-21-33-50-56(49)64-57-51(59)36-40(46-34-35-55(48-31-20-19-30-47(46)48)63(43-26-15-9-16-27-43)44-28-17-10-18-29-44)37-52(57)61(5,6)54-39-45(38-53(58(54)64)60(50,3)4)62(41-22-11-7-12-23-41)42-24-13-8-14-25-42/h7-39H,1-6H3. The van der Waals surface area contributed by atoms with E-state index in [0.29, 0.717) is 0 Å². The van der Waals surface area contributed by atoms with E-state index in [1.54, 1.807) is 0 Å². The lowest BCUT2D eigenvalue weighted by atomic mass is 9.60. The Morgan fingerprint density at radius 2 is 0.688 bits per heavy atom. The summed E-state index contributed by atoms with van der Waals surface area (Å²) in [5.41, 5.74) is 20.7. The average Bonchev–Trinajstić information content (AvgIpc) is 3.32. The van der Waals surface area contributed by atoms with Gasteiger partial charge in [0.1, 0.15) is 0 Å². The Labute approximate surface area is 377 Å². The van der Waals surface area contributed by atoms with E-state index in [-0.39, 0.29) is 16.2 Å². The molecule has 0 unspecified atom stereocenters. The molecule has 0 radical (unpaired) electrons. The molecule has 0 saturated carbocycles. The van der Waals surface area contributed by atoms with Crippen LogP contribution in [-0.4, -0.2) is 0 Å². The molecular weight excluding hydrogens is 775 g/mol. The summed E-state index contributed by atoms with van der Waals surface area (Å²) in [5, 5.41) is 2.45. The number of fused-ring (bicyclic) bond motifs is 1. The van der Waals surface area contributed by atoms with E-state index in [2.05, 4.69) is 256 Å². The number of anilines is 9. The van der Waals surface area contributed by atoms with Gasteiger partial charge in [-0.1, -0.05) is 163 Å². The van der Waals surface area contributed by atoms with Crippen LogP contribution >= 0.6 is 0 Å². The van der Waals surface area contributed by atoms with E-state index in [1.165, 1.54) is 78.0 Å². The van der Waals surface area contributed by atoms with Crippen LogP contribution < -0.4 is 14.7 Å². The Morgan fingerprint density at radius 1 is 0.312 bits per heavy atom. The molecule has 12 rings (SSSR count). The predicted octanol–water partition coefficient (Wildman–Crippen LogP) is 16.8. The van der Waals surface area contributed by atoms with Gasteiger partial charge in [0.05, 0.1) is 22.7 Å². The van der Waals surface area contributed by atoms with Gasteiger partial charge < -0.3 is 14.7 Å². The predicted molar refractivity (Wildman–Crippen MR) is 270 cm³/mol. The molecule has 0 aliphatic carbocycles. The third kappa shape index (κ3) is 5.40. The first-order valence-electron chi connectivity index (χ1n) is 22.7. The van der Waals surface area contributed by atoms with Gasteiger partial charge in [-0.3, -0.25) is 0 Å². The highest BCUT2D eigenvalue weighted by atomic mass is 15.2. The number of benzene rings is 9. The summed E-state index contributed by atoms with van der Waals surface area (Å²) in [5.74, 6) is 0. The molecule has 3 nitrogen and oxygen atoms in total. The Bertz CT molecular complexity index is 3220. The third-order valence-corrected chi connectivity index (χ3v) is 14.7. The van der Waals surface area contributed by atoms with Crippen LogP contribution in [0.25, 0.3) is 21.9 Å². The SMILES string of the molecule is CC1(C)c2cccc3c2N2c4c1cc(-c1ccc(N(c5ccccc5)c5ccccc5)c5ccccc15)cc4C(C)(C)c1cc(N(c4ccccc4)c4ccccc4)cc(c12)C3(C)C. The minimum atomic E-state index is -0.348. The fourth-order valence-electron chi connectivity index (χ4n) is 11.4. The fraction of sp³-hybridized carbons (Fsp3) is 0.148. The molecular formula is C61H51N3. The molecule has 9 aromatic carbocycles. The lowest BCUT2D eigenvalue weighted by Crippen LogP contribution is -2.43. The van der Waals surface area contributed by atoms with Crippen molar-refractivity contribution in [2.24, 2.45) is 0 Å². The molecule has 9 aromatic rings. The molecule has 0 atom stereocenters. The van der Waals surface area contributed by atoms with Crippen molar-refractivity contribution < 1.29 is 0 Å². The maximum atomic E-state index is 2.68. The van der Waals surface area contributed by atoms with E-state index >= 15 is 0 Å². The van der Waals surface area contributed by atoms with E-state index in [4.69, 9.17) is 0 Å². The highest BCUT2D eigenvalue weighted by Crippen LogP contribution is 2.67. The Balaban J connectivity index is 1.12. The van der Waals surface area contributed by atoms with Crippen LogP contribution in [0.1, 0.15) is 74.9 Å². The summed E-state index contributed by atoms with van der Waals surface area (Å²) in [6.45, 7) is 14.7. The highest BCUT2D eigenvalue weighted by molar-refractivity contribution is 6.07. The lowest BCUT2D eigenvalue weighted by molar-refractivity contribution is 0.567. The maximum absolute atomic E-state index is 2.68. The van der Waals surface area contributed by atoms with Crippen LogP contribution in [0, 0.1) is 0 Å². The van der Waals surface area contributed by atoms with Crippen molar-refractivity contribution in [2.75, 3.05) is 14.7 Å². The van der Waals surface area contributed by atoms with Crippen LogP contribution in [0.4, 0.5) is 51.2 Å². The molecule has 0 fully saturated rings. The Morgan fingerprint density at radius 3 is 1.16 bits per heavy atom. The van der Waals surface area contributed by atoms with Gasteiger partial charge in [-0.25, -0.2) is 0 Å². The van der Waals surface area contributed by atoms with Crippen LogP contribution in [-0.2, 0) is 16.2 Å². The van der Waals surface area contributed by atoms with Gasteiger partial charge in [-0.2, -0.15) is 0 Å². The molecule has 3 aliphatic rings. The first-order valence-corrected chi connectivity index (χ1v) is 22.7. The van der Waals surface area contributed by atoms with Gasteiger partial charge >= 0.3 is 0 Å². The zero-order valence-corrected chi connectivity index (χ0v) is 37.4. The van der Waals surface area contributed by atoms with Crippen LogP contribution in [0.5, 0.6) is 0 Å². The fourth-order valence-corrected chi connectivity index (χ4v) is 11.4. The largest absolute Gasteiger partial charge is 0.310 e. The normalized spacial score (nSPS) is 15.4. The zero-order chi connectivity index (χ0) is 43.5. The number of para-hydroxylation sites is 5. The summed E-state index contributed by atoms with van der Waals surface area (Å²) < 4.78 is 0. The second kappa shape index (κ2) is 13.8. The lowest BCUT2D eigenvalue weighted by Gasteiger charge is -2.55. The van der Waals surface area contributed by atoms with Crippen molar-refractivity contribution in [2.45, 2.75) is 57.8 Å². The molecule has 310 valence electrons. The summed E-state index contributed by atoms with van der Waals surface area (Å²) in [6.07, 6.45) is 0. The molecule has 0 aromatic heterocycles. The molecule has 0 bridgehead atoms. The van der Waals surface area contributed by atoms with Gasteiger partial charge in [0.25, 0.3) is 0 Å². The first kappa shape index (κ1) is 38.3. The second-order valence-corrected chi connectivity index (χ2v) is 19.4. The monoisotopic (exact) mass is 825 g/mol.